The molecule has 2 aliphatic heterocycles. The van der Waals surface area contributed by atoms with Crippen molar-refractivity contribution < 1.29 is 24.2 Å². The minimum atomic E-state index is -0.740. The quantitative estimate of drug-likeness (QED) is 0.311. The topological polar surface area (TPSA) is 76.1 Å². The maximum atomic E-state index is 13.2. The fourth-order valence-corrected chi connectivity index (χ4v) is 4.61. The van der Waals surface area contributed by atoms with Crippen LogP contribution < -0.4 is 9.47 Å². The number of hydrogen-bond donors (Lipinski definition) is 1. The van der Waals surface area contributed by atoms with Gasteiger partial charge in [-0.15, -0.1) is 0 Å². The van der Waals surface area contributed by atoms with Crippen LogP contribution in [0.3, 0.4) is 0 Å². The van der Waals surface area contributed by atoms with Gasteiger partial charge in [-0.3, -0.25) is 9.59 Å². The first kappa shape index (κ1) is 21.3. The van der Waals surface area contributed by atoms with Crippen LogP contribution in [0.5, 0.6) is 11.5 Å². The third-order valence-corrected chi connectivity index (χ3v) is 6.21. The van der Waals surface area contributed by atoms with E-state index in [1.807, 2.05) is 54.6 Å². The number of benzene rings is 3. The Morgan fingerprint density at radius 3 is 2.45 bits per heavy atom. The van der Waals surface area contributed by atoms with E-state index < -0.39 is 17.7 Å². The fourth-order valence-electron chi connectivity index (χ4n) is 4.19. The maximum absolute atomic E-state index is 13.2. The number of nitrogens with zero attached hydrogens (tertiary/aromatic N) is 1. The molecule has 0 saturated carbocycles. The van der Waals surface area contributed by atoms with Crippen molar-refractivity contribution >= 4 is 33.4 Å². The summed E-state index contributed by atoms with van der Waals surface area (Å²) >= 11 is 3.47. The monoisotopic (exact) mass is 505 g/mol. The summed E-state index contributed by atoms with van der Waals surface area (Å²) in [6, 6.07) is 21.1. The lowest BCUT2D eigenvalue weighted by molar-refractivity contribution is -0.140. The molecule has 1 fully saturated rings. The van der Waals surface area contributed by atoms with E-state index in [4.69, 9.17) is 9.47 Å². The molecule has 1 atom stereocenters. The van der Waals surface area contributed by atoms with E-state index in [9.17, 15) is 14.7 Å². The van der Waals surface area contributed by atoms with E-state index >= 15 is 0 Å². The van der Waals surface area contributed by atoms with Crippen LogP contribution in [-0.4, -0.2) is 34.9 Å². The van der Waals surface area contributed by atoms with Crippen LogP contribution in [0.1, 0.15) is 22.7 Å². The van der Waals surface area contributed by atoms with Crippen LogP contribution in [0, 0.1) is 0 Å². The number of hydrogen-bond acceptors (Lipinski definition) is 5. The summed E-state index contributed by atoms with van der Waals surface area (Å²) in [5, 5.41) is 11.3. The predicted octanol–water partition coefficient (Wildman–Crippen LogP) is 4.84. The Kier molecular flexibility index (Phi) is 5.64. The molecule has 1 saturated heterocycles. The number of ether oxygens (including phenoxy) is 2. The Balaban J connectivity index is 1.64. The number of fused-ring (bicyclic) bond motifs is 1. The third kappa shape index (κ3) is 4.00. The number of aliphatic hydroxyl groups excluding tert-OH is 1. The van der Waals surface area contributed by atoms with Crippen molar-refractivity contribution in [1.82, 2.24) is 4.90 Å². The van der Waals surface area contributed by atoms with Gasteiger partial charge < -0.3 is 19.5 Å². The molecule has 33 heavy (non-hydrogen) atoms. The SMILES string of the molecule is O=C1C(=O)N(Cc2ccccc2)C(c2cccc(Br)c2)C1=C(O)c1ccc2c(c1)OCCO2. The van der Waals surface area contributed by atoms with Crippen LogP contribution in [0.15, 0.2) is 82.8 Å². The second kappa shape index (κ2) is 8.75. The number of aliphatic hydroxyl groups is 1. The van der Waals surface area contributed by atoms with Crippen molar-refractivity contribution in [1.29, 1.82) is 0 Å². The second-order valence-corrected chi connectivity index (χ2v) is 8.74. The van der Waals surface area contributed by atoms with Gasteiger partial charge in [-0.1, -0.05) is 58.4 Å². The largest absolute Gasteiger partial charge is 0.507 e. The number of carbonyl (C=O) groups is 2. The number of carbonyl (C=O) groups excluding carboxylic acids is 2. The van der Waals surface area contributed by atoms with Gasteiger partial charge in [0.15, 0.2) is 11.5 Å². The van der Waals surface area contributed by atoms with Gasteiger partial charge in [-0.25, -0.2) is 0 Å². The van der Waals surface area contributed by atoms with Crippen molar-refractivity contribution in [2.24, 2.45) is 0 Å². The molecule has 2 aliphatic rings. The number of ketones is 1. The normalized spacial score (nSPS) is 19.1. The molecule has 0 bridgehead atoms. The first-order valence-corrected chi connectivity index (χ1v) is 11.3. The Morgan fingerprint density at radius 2 is 1.70 bits per heavy atom. The van der Waals surface area contributed by atoms with Crippen molar-refractivity contribution in [2.75, 3.05) is 13.2 Å². The number of halogens is 1. The summed E-state index contributed by atoms with van der Waals surface area (Å²) in [6.07, 6.45) is 0. The summed E-state index contributed by atoms with van der Waals surface area (Å²) in [7, 11) is 0. The van der Waals surface area contributed by atoms with Crippen molar-refractivity contribution in [2.45, 2.75) is 12.6 Å². The zero-order chi connectivity index (χ0) is 22.9. The Morgan fingerprint density at radius 1 is 0.939 bits per heavy atom. The van der Waals surface area contributed by atoms with E-state index in [1.165, 1.54) is 4.90 Å². The highest BCUT2D eigenvalue weighted by molar-refractivity contribution is 9.10. The summed E-state index contributed by atoms with van der Waals surface area (Å²) in [5.41, 5.74) is 2.04. The lowest BCUT2D eigenvalue weighted by Crippen LogP contribution is -2.29. The van der Waals surface area contributed by atoms with Crippen molar-refractivity contribution in [3.63, 3.8) is 0 Å². The molecule has 3 aromatic carbocycles. The van der Waals surface area contributed by atoms with Crippen LogP contribution in [0.25, 0.3) is 5.76 Å². The molecule has 166 valence electrons. The summed E-state index contributed by atoms with van der Waals surface area (Å²) in [4.78, 5) is 27.8. The van der Waals surface area contributed by atoms with E-state index in [2.05, 4.69) is 15.9 Å². The number of Topliss-reactive ketones (excluding diaryl/α,β-unsaturated/α-hetero) is 1. The third-order valence-electron chi connectivity index (χ3n) is 5.72. The molecule has 5 rings (SSSR count). The highest BCUT2D eigenvalue weighted by Gasteiger charge is 2.46. The first-order chi connectivity index (χ1) is 16.0. The number of rotatable bonds is 4. The zero-order valence-electron chi connectivity index (χ0n) is 17.5. The first-order valence-electron chi connectivity index (χ1n) is 10.5. The lowest BCUT2D eigenvalue weighted by Gasteiger charge is -2.26. The molecule has 1 unspecified atom stereocenters. The van der Waals surface area contributed by atoms with Gasteiger partial charge >= 0.3 is 0 Å². The molecule has 0 aromatic heterocycles. The van der Waals surface area contributed by atoms with Gasteiger partial charge in [0.1, 0.15) is 19.0 Å². The summed E-state index contributed by atoms with van der Waals surface area (Å²) < 4.78 is 12.0. The van der Waals surface area contributed by atoms with Crippen LogP contribution >= 0.6 is 15.9 Å². The lowest BCUT2D eigenvalue weighted by atomic mass is 9.95. The molecular weight excluding hydrogens is 486 g/mol. The maximum Gasteiger partial charge on any atom is 0.295 e. The minimum Gasteiger partial charge on any atom is -0.507 e. The molecule has 0 spiro atoms. The van der Waals surface area contributed by atoms with Crippen LogP contribution in [-0.2, 0) is 16.1 Å². The van der Waals surface area contributed by atoms with E-state index in [-0.39, 0.29) is 17.9 Å². The van der Waals surface area contributed by atoms with Crippen molar-refractivity contribution in [3.8, 4) is 11.5 Å². The molecule has 7 heteroatoms. The Labute approximate surface area is 199 Å². The minimum absolute atomic E-state index is 0.0470. The zero-order valence-corrected chi connectivity index (χ0v) is 19.1. The molecule has 3 aromatic rings. The molecule has 2 heterocycles. The van der Waals surface area contributed by atoms with Crippen LogP contribution in [0.2, 0.25) is 0 Å². The molecule has 1 amide bonds. The number of amides is 1. The Bertz CT molecular complexity index is 1270. The Hall–Kier alpha value is -3.58. The van der Waals surface area contributed by atoms with Gasteiger partial charge in [-0.05, 0) is 41.5 Å². The van der Waals surface area contributed by atoms with Gasteiger partial charge in [0.2, 0.25) is 0 Å². The smallest absolute Gasteiger partial charge is 0.295 e. The van der Waals surface area contributed by atoms with E-state index in [0.29, 0.717) is 30.3 Å². The van der Waals surface area contributed by atoms with Gasteiger partial charge in [0, 0.05) is 16.6 Å². The predicted molar refractivity (Wildman–Crippen MR) is 126 cm³/mol. The molecule has 1 N–H and O–H groups in total. The standard InChI is InChI=1S/C26H20BrNO5/c27-19-8-4-7-17(13-19)23-22(24(29)18-9-10-20-21(14-18)33-12-11-32-20)25(30)26(31)28(23)15-16-5-2-1-3-6-16/h1-10,13-14,23,29H,11-12,15H2. The van der Waals surface area contributed by atoms with Crippen LogP contribution in [0.4, 0.5) is 0 Å². The second-order valence-electron chi connectivity index (χ2n) is 7.83. The highest BCUT2D eigenvalue weighted by atomic mass is 79.9. The average Bonchev–Trinajstić information content (AvgIpc) is 3.09. The molecule has 0 radical (unpaired) electrons. The van der Waals surface area contributed by atoms with Gasteiger partial charge in [0.25, 0.3) is 11.7 Å². The van der Waals surface area contributed by atoms with Crippen molar-refractivity contribution in [3.05, 3.63) is 99.5 Å². The fraction of sp³-hybridized carbons (Fsp3) is 0.154. The summed E-state index contributed by atoms with van der Waals surface area (Å²) in [5.74, 6) is -0.550. The average molecular weight is 506 g/mol. The van der Waals surface area contributed by atoms with E-state index in [1.54, 1.807) is 18.2 Å². The van der Waals surface area contributed by atoms with Gasteiger partial charge in [0.05, 0.1) is 11.6 Å². The number of likely N-dealkylation sites (tertiary alicyclic amines) is 1. The summed E-state index contributed by atoms with van der Waals surface area (Å²) in [6.45, 7) is 1.09. The molecule has 6 nitrogen and oxygen atoms in total. The van der Waals surface area contributed by atoms with E-state index in [0.717, 1.165) is 15.6 Å². The molecular formula is C26H20BrNO5. The molecule has 0 aliphatic carbocycles. The highest BCUT2D eigenvalue weighted by Crippen LogP contribution is 2.42. The van der Waals surface area contributed by atoms with Gasteiger partial charge in [-0.2, -0.15) is 0 Å².